The van der Waals surface area contributed by atoms with E-state index in [1.165, 1.54) is 55.0 Å². The van der Waals surface area contributed by atoms with Gasteiger partial charge in [0.15, 0.2) is 0 Å². The van der Waals surface area contributed by atoms with E-state index in [2.05, 4.69) is 10.1 Å². The van der Waals surface area contributed by atoms with Gasteiger partial charge in [-0.05, 0) is 55.5 Å². The van der Waals surface area contributed by atoms with Gasteiger partial charge in [0, 0.05) is 31.5 Å². The normalized spacial score (nSPS) is 14.1. The van der Waals surface area contributed by atoms with Crippen LogP contribution in [0.4, 0.5) is 14.6 Å². The van der Waals surface area contributed by atoms with Gasteiger partial charge in [-0.15, -0.1) is 0 Å². The fourth-order valence-electron chi connectivity index (χ4n) is 4.08. The summed E-state index contributed by atoms with van der Waals surface area (Å²) in [5, 5.41) is 4.01. The lowest BCUT2D eigenvalue weighted by molar-refractivity contribution is 0.0427. The predicted molar refractivity (Wildman–Crippen MR) is 131 cm³/mol. The molecule has 0 N–H and O–H groups in total. The number of halogens is 2. The average Bonchev–Trinajstić information content (AvgIpc) is 3.23. The second-order valence-electron chi connectivity index (χ2n) is 8.48. The number of benzene rings is 2. The third-order valence-electron chi connectivity index (χ3n) is 6.12. The van der Waals surface area contributed by atoms with Gasteiger partial charge in [-0.25, -0.2) is 27.0 Å². The number of pyridine rings is 1. The molecule has 5 rings (SSSR count). The maximum absolute atomic E-state index is 14.0. The van der Waals surface area contributed by atoms with Crippen LogP contribution in [0.3, 0.4) is 0 Å². The Hall–Kier alpha value is -3.90. The Labute approximate surface area is 211 Å². The second-order valence-corrected chi connectivity index (χ2v) is 10.4. The highest BCUT2D eigenvalue weighted by Gasteiger charge is 2.29. The van der Waals surface area contributed by atoms with Crippen LogP contribution >= 0.6 is 0 Å². The third kappa shape index (κ3) is 4.77. The van der Waals surface area contributed by atoms with Crippen LogP contribution in [-0.2, 0) is 21.1 Å². The van der Waals surface area contributed by atoms with Gasteiger partial charge < -0.3 is 9.64 Å². The molecule has 0 spiro atoms. The van der Waals surface area contributed by atoms with E-state index in [0.717, 1.165) is 21.4 Å². The molecule has 1 saturated heterocycles. The Morgan fingerprint density at radius 1 is 1.03 bits per heavy atom. The molecule has 0 amide bonds. The fourth-order valence-corrected chi connectivity index (χ4v) is 5.35. The average molecular weight is 528 g/mol. The molecule has 0 aliphatic carbocycles. The molecule has 1 aliphatic heterocycles. The van der Waals surface area contributed by atoms with E-state index in [9.17, 15) is 22.0 Å². The van der Waals surface area contributed by atoms with Crippen molar-refractivity contribution in [1.82, 2.24) is 19.3 Å². The first-order chi connectivity index (χ1) is 17.8. The zero-order valence-corrected chi connectivity index (χ0v) is 20.6. The molecule has 0 saturated carbocycles. The van der Waals surface area contributed by atoms with Crippen molar-refractivity contribution in [2.45, 2.75) is 29.4 Å². The van der Waals surface area contributed by atoms with Crippen LogP contribution in [0.1, 0.15) is 12.5 Å². The molecule has 1 fully saturated rings. The lowest BCUT2D eigenvalue weighted by atomic mass is 10.1. The minimum absolute atomic E-state index is 0.0325. The van der Waals surface area contributed by atoms with E-state index in [-0.39, 0.29) is 28.0 Å². The number of aromatic nitrogens is 4. The smallest absolute Gasteiger partial charge is 0.350 e. The van der Waals surface area contributed by atoms with Crippen LogP contribution in [-0.4, -0.2) is 53.5 Å². The predicted octanol–water partition coefficient (Wildman–Crippen LogP) is 2.81. The number of nitrogens with zero attached hydrogens (tertiary/aromatic N) is 5. The highest BCUT2D eigenvalue weighted by Crippen LogP contribution is 2.27. The number of hydrogen-bond donors (Lipinski definition) is 0. The number of anilines is 1. The monoisotopic (exact) mass is 527 g/mol. The molecule has 192 valence electrons. The Bertz CT molecular complexity index is 1580. The maximum atomic E-state index is 14.0. The van der Waals surface area contributed by atoms with Gasteiger partial charge in [-0.3, -0.25) is 4.57 Å². The molecule has 9 nitrogen and oxygen atoms in total. The van der Waals surface area contributed by atoms with Gasteiger partial charge >= 0.3 is 5.69 Å². The molecule has 12 heteroatoms. The van der Waals surface area contributed by atoms with E-state index >= 15 is 0 Å². The van der Waals surface area contributed by atoms with Gasteiger partial charge in [-0.1, -0.05) is 6.07 Å². The van der Waals surface area contributed by atoms with Gasteiger partial charge in [0.2, 0.25) is 9.84 Å². The highest BCUT2D eigenvalue weighted by atomic mass is 32.2. The molecule has 37 heavy (non-hydrogen) atoms. The van der Waals surface area contributed by atoms with Crippen LogP contribution < -0.4 is 10.6 Å². The largest absolute Gasteiger partial charge is 0.375 e. The highest BCUT2D eigenvalue weighted by molar-refractivity contribution is 7.91. The number of sulfone groups is 1. The molecule has 0 atom stereocenters. The standard InChI is InChI=1S/C25H23F2N5O4S/c1-2-36-18-13-30(14-18)24-12-20(10-11-28-24)37(34,35)19-8-6-17(7-9-19)32-25(33)31(16-29-32)15-21-22(26)4-3-5-23(21)27/h3-12,16,18H,2,13-15H2,1H3. The van der Waals surface area contributed by atoms with E-state index in [4.69, 9.17) is 4.74 Å². The number of rotatable bonds is 8. The summed E-state index contributed by atoms with van der Waals surface area (Å²) in [6.07, 6.45) is 2.73. The van der Waals surface area contributed by atoms with Crippen LogP contribution in [0, 0.1) is 11.6 Å². The van der Waals surface area contributed by atoms with Crippen molar-refractivity contribution in [2.75, 3.05) is 24.6 Å². The molecule has 0 radical (unpaired) electrons. The van der Waals surface area contributed by atoms with Crippen molar-refractivity contribution < 1.29 is 21.9 Å². The van der Waals surface area contributed by atoms with Crippen molar-refractivity contribution in [3.63, 3.8) is 0 Å². The summed E-state index contributed by atoms with van der Waals surface area (Å²) in [6.45, 7) is 3.49. The summed E-state index contributed by atoms with van der Waals surface area (Å²) in [5.41, 5.74) is -0.583. The van der Waals surface area contributed by atoms with E-state index in [1.807, 2.05) is 11.8 Å². The minimum atomic E-state index is -3.85. The van der Waals surface area contributed by atoms with Crippen molar-refractivity contribution in [3.05, 3.63) is 94.8 Å². The topological polar surface area (TPSA) is 99.3 Å². The van der Waals surface area contributed by atoms with Crippen molar-refractivity contribution in [2.24, 2.45) is 0 Å². The van der Waals surface area contributed by atoms with Crippen LogP contribution in [0.25, 0.3) is 5.69 Å². The van der Waals surface area contributed by atoms with Crippen molar-refractivity contribution >= 4 is 15.7 Å². The summed E-state index contributed by atoms with van der Waals surface area (Å²) < 4.78 is 62.1. The molecule has 4 aromatic rings. The van der Waals surface area contributed by atoms with E-state index in [0.29, 0.717) is 31.2 Å². The summed E-state index contributed by atoms with van der Waals surface area (Å²) >= 11 is 0. The quantitative estimate of drug-likeness (QED) is 0.348. The Morgan fingerprint density at radius 2 is 1.73 bits per heavy atom. The summed E-state index contributed by atoms with van der Waals surface area (Å²) in [5.74, 6) is -0.981. The van der Waals surface area contributed by atoms with Crippen LogP contribution in [0.5, 0.6) is 0 Å². The summed E-state index contributed by atoms with van der Waals surface area (Å²) in [7, 11) is -3.85. The van der Waals surface area contributed by atoms with E-state index in [1.54, 1.807) is 0 Å². The first kappa shape index (κ1) is 24.8. The first-order valence-electron chi connectivity index (χ1n) is 11.5. The summed E-state index contributed by atoms with van der Waals surface area (Å²) in [4.78, 5) is 19.1. The molecule has 3 heterocycles. The Kier molecular flexibility index (Phi) is 6.61. The molecule has 0 unspecified atom stereocenters. The fraction of sp³-hybridized carbons (Fsp3) is 0.240. The molecule has 1 aliphatic rings. The minimum Gasteiger partial charge on any atom is -0.375 e. The van der Waals surface area contributed by atoms with Gasteiger partial charge in [0.25, 0.3) is 0 Å². The lowest BCUT2D eigenvalue weighted by Crippen LogP contribution is -2.52. The number of ether oxygens (including phenoxy) is 1. The second kappa shape index (κ2) is 9.87. The zero-order valence-electron chi connectivity index (χ0n) is 19.8. The van der Waals surface area contributed by atoms with Crippen LogP contribution in [0.2, 0.25) is 0 Å². The molecule has 2 aromatic carbocycles. The van der Waals surface area contributed by atoms with Crippen molar-refractivity contribution in [3.8, 4) is 5.69 Å². The third-order valence-corrected chi connectivity index (χ3v) is 7.88. The molecule has 0 bridgehead atoms. The Balaban J connectivity index is 1.36. The maximum Gasteiger partial charge on any atom is 0.350 e. The summed E-state index contributed by atoms with van der Waals surface area (Å²) in [6, 6.07) is 12.1. The van der Waals surface area contributed by atoms with Crippen molar-refractivity contribution in [1.29, 1.82) is 0 Å². The molecular formula is C25H23F2N5O4S. The molecule has 2 aromatic heterocycles. The van der Waals surface area contributed by atoms with Gasteiger partial charge in [-0.2, -0.15) is 9.78 Å². The van der Waals surface area contributed by atoms with Gasteiger partial charge in [0.05, 0.1) is 28.1 Å². The van der Waals surface area contributed by atoms with E-state index < -0.39 is 27.2 Å². The first-order valence-corrected chi connectivity index (χ1v) is 13.0. The lowest BCUT2D eigenvalue weighted by Gasteiger charge is -2.39. The van der Waals surface area contributed by atoms with Crippen LogP contribution in [0.15, 0.2) is 81.7 Å². The zero-order chi connectivity index (χ0) is 26.2. The molecular weight excluding hydrogens is 504 g/mol. The van der Waals surface area contributed by atoms with Gasteiger partial charge in [0.1, 0.15) is 23.8 Å². The number of hydrogen-bond acceptors (Lipinski definition) is 7. The SMILES string of the molecule is CCOC1CN(c2cc(S(=O)(=O)c3ccc(-n4ncn(Cc5c(F)cccc5F)c4=O)cc3)ccn2)C1. The Morgan fingerprint density at radius 3 is 2.41 bits per heavy atom.